The number of fused-ring (bicyclic) bond motifs is 1. The van der Waals surface area contributed by atoms with Crippen molar-refractivity contribution in [3.8, 4) is 11.3 Å². The molecule has 10 nitrogen and oxygen atoms in total. The molecule has 0 unspecified atom stereocenters. The van der Waals surface area contributed by atoms with Gasteiger partial charge in [-0.25, -0.2) is 24.3 Å². The number of rotatable bonds is 9. The van der Waals surface area contributed by atoms with E-state index < -0.39 is 0 Å². The third-order valence-electron chi connectivity index (χ3n) is 6.83. The van der Waals surface area contributed by atoms with Gasteiger partial charge >= 0.3 is 0 Å². The summed E-state index contributed by atoms with van der Waals surface area (Å²) in [6, 6.07) is 5.33. The number of aromatic nitrogens is 6. The third kappa shape index (κ3) is 5.79. The van der Waals surface area contributed by atoms with Crippen LogP contribution in [-0.2, 0) is 11.3 Å². The molecule has 200 valence electrons. The van der Waals surface area contributed by atoms with Crippen LogP contribution in [0.5, 0.6) is 0 Å². The fraction of sp³-hybridized carbons (Fsp3) is 0.444. The van der Waals surface area contributed by atoms with Crippen molar-refractivity contribution in [3.05, 3.63) is 54.3 Å². The minimum atomic E-state index is -0.369. The zero-order valence-corrected chi connectivity index (χ0v) is 22.4. The van der Waals surface area contributed by atoms with E-state index in [1.807, 2.05) is 17.6 Å². The van der Waals surface area contributed by atoms with Crippen LogP contribution in [0, 0.1) is 12.7 Å². The second-order valence-electron chi connectivity index (χ2n) is 9.87. The normalized spacial score (nSPS) is 15.0. The van der Waals surface area contributed by atoms with Crippen LogP contribution in [0.25, 0.3) is 22.3 Å². The lowest BCUT2D eigenvalue weighted by Gasteiger charge is -2.34. The fourth-order valence-corrected chi connectivity index (χ4v) is 4.90. The highest BCUT2D eigenvalue weighted by Gasteiger charge is 2.18. The van der Waals surface area contributed by atoms with E-state index >= 15 is 0 Å². The molecule has 1 aromatic carbocycles. The molecular weight excluding hydrogens is 485 g/mol. The summed E-state index contributed by atoms with van der Waals surface area (Å²) in [6.45, 7) is 12.6. The first-order valence-electron chi connectivity index (χ1n) is 12.9. The number of aryl methyl sites for hydroxylation is 1. The number of benzene rings is 1. The van der Waals surface area contributed by atoms with Crippen molar-refractivity contribution < 1.29 is 9.13 Å². The molecule has 4 heterocycles. The number of hydrogen-bond acceptors (Lipinski definition) is 9. The summed E-state index contributed by atoms with van der Waals surface area (Å²) in [5.41, 5.74) is 3.30. The highest BCUT2D eigenvalue weighted by atomic mass is 19.1. The van der Waals surface area contributed by atoms with Gasteiger partial charge in [0.15, 0.2) is 5.82 Å². The SMILES string of the molecule is COCCN1CCN(Cc2cnc(Nc3cc(-c4cc(F)c5nc(C)n(C(C)C)c5c4)ncn3)cn2)CC1. The number of imidazole rings is 1. The average molecular weight is 520 g/mol. The smallest absolute Gasteiger partial charge is 0.151 e. The first-order chi connectivity index (χ1) is 18.4. The van der Waals surface area contributed by atoms with E-state index in [0.29, 0.717) is 28.4 Å². The summed E-state index contributed by atoms with van der Waals surface area (Å²) >= 11 is 0. The summed E-state index contributed by atoms with van der Waals surface area (Å²) < 4.78 is 22.2. The molecular formula is C27H34FN9O. The van der Waals surface area contributed by atoms with Gasteiger partial charge in [0.05, 0.1) is 35.9 Å². The second kappa shape index (κ2) is 11.5. The number of methoxy groups -OCH3 is 1. The second-order valence-corrected chi connectivity index (χ2v) is 9.87. The average Bonchev–Trinajstić information content (AvgIpc) is 3.26. The number of piperazine rings is 1. The molecule has 0 radical (unpaired) electrons. The Morgan fingerprint density at radius 3 is 2.47 bits per heavy atom. The predicted molar refractivity (Wildman–Crippen MR) is 145 cm³/mol. The van der Waals surface area contributed by atoms with Crippen molar-refractivity contribution in [1.29, 1.82) is 0 Å². The van der Waals surface area contributed by atoms with Crippen LogP contribution in [0.3, 0.4) is 0 Å². The topological polar surface area (TPSA) is 97.1 Å². The van der Waals surface area contributed by atoms with E-state index in [-0.39, 0.29) is 11.9 Å². The van der Waals surface area contributed by atoms with Gasteiger partial charge in [-0.05, 0) is 32.9 Å². The highest BCUT2D eigenvalue weighted by Crippen LogP contribution is 2.29. The van der Waals surface area contributed by atoms with Crippen LogP contribution in [0.2, 0.25) is 0 Å². The fourth-order valence-electron chi connectivity index (χ4n) is 4.90. The lowest BCUT2D eigenvalue weighted by Crippen LogP contribution is -2.46. The van der Waals surface area contributed by atoms with Crippen molar-refractivity contribution in [2.24, 2.45) is 0 Å². The Bertz CT molecular complexity index is 1380. The summed E-state index contributed by atoms with van der Waals surface area (Å²) in [5, 5.41) is 3.19. The van der Waals surface area contributed by atoms with Crippen LogP contribution in [0.1, 0.15) is 31.4 Å². The minimum absolute atomic E-state index is 0.157. The van der Waals surface area contributed by atoms with Crippen molar-refractivity contribution in [3.63, 3.8) is 0 Å². The lowest BCUT2D eigenvalue weighted by atomic mass is 10.1. The molecule has 0 spiro atoms. The van der Waals surface area contributed by atoms with Crippen molar-refractivity contribution in [2.45, 2.75) is 33.4 Å². The molecule has 1 aliphatic rings. The standard InChI is InChI=1S/C27H34FN9O/c1-18(2)37-19(3)33-27-22(28)11-20(12-24(27)37)23-13-25(32-17-31-23)34-26-15-29-21(14-30-26)16-36-7-5-35(6-8-36)9-10-38-4/h11-15,17-18H,5-10,16H2,1-4H3,(H,30,31,32,34). The van der Waals surface area contributed by atoms with E-state index in [0.717, 1.165) is 62.9 Å². The molecule has 0 bridgehead atoms. The molecule has 0 aliphatic carbocycles. The van der Waals surface area contributed by atoms with Crippen molar-refractivity contribution in [2.75, 3.05) is 51.8 Å². The molecule has 0 saturated carbocycles. The van der Waals surface area contributed by atoms with Gasteiger partial charge < -0.3 is 14.6 Å². The molecule has 0 amide bonds. The van der Waals surface area contributed by atoms with Gasteiger partial charge in [-0.1, -0.05) is 0 Å². The Hall–Kier alpha value is -3.54. The first kappa shape index (κ1) is 26.1. The number of hydrogen-bond donors (Lipinski definition) is 1. The summed E-state index contributed by atoms with van der Waals surface area (Å²) in [4.78, 5) is 27.0. The molecule has 38 heavy (non-hydrogen) atoms. The van der Waals surface area contributed by atoms with Crippen LogP contribution in [0.4, 0.5) is 16.0 Å². The van der Waals surface area contributed by atoms with Crippen molar-refractivity contribution >= 4 is 22.7 Å². The largest absolute Gasteiger partial charge is 0.383 e. The zero-order chi connectivity index (χ0) is 26.6. The van der Waals surface area contributed by atoms with Crippen LogP contribution in [-0.4, -0.2) is 85.7 Å². The molecule has 5 rings (SSSR count). The maximum absolute atomic E-state index is 14.9. The summed E-state index contributed by atoms with van der Waals surface area (Å²) in [7, 11) is 1.74. The van der Waals surface area contributed by atoms with Gasteiger partial charge in [0.25, 0.3) is 0 Å². The third-order valence-corrected chi connectivity index (χ3v) is 6.83. The molecule has 3 aromatic heterocycles. The molecule has 1 saturated heterocycles. The Morgan fingerprint density at radius 2 is 1.76 bits per heavy atom. The maximum Gasteiger partial charge on any atom is 0.151 e. The quantitative estimate of drug-likeness (QED) is 0.354. The van der Waals surface area contributed by atoms with Crippen LogP contribution in [0.15, 0.2) is 36.9 Å². The lowest BCUT2D eigenvalue weighted by molar-refractivity contribution is 0.0932. The Morgan fingerprint density at radius 1 is 0.974 bits per heavy atom. The molecule has 1 fully saturated rings. The Kier molecular flexibility index (Phi) is 7.87. The van der Waals surface area contributed by atoms with E-state index in [1.165, 1.54) is 12.4 Å². The van der Waals surface area contributed by atoms with E-state index in [1.54, 1.807) is 25.6 Å². The summed E-state index contributed by atoms with van der Waals surface area (Å²) in [5.74, 6) is 1.55. The van der Waals surface area contributed by atoms with E-state index in [9.17, 15) is 4.39 Å². The van der Waals surface area contributed by atoms with E-state index in [2.05, 4.69) is 53.9 Å². The zero-order valence-electron chi connectivity index (χ0n) is 22.4. The van der Waals surface area contributed by atoms with Gasteiger partial charge in [0.1, 0.15) is 29.3 Å². The number of anilines is 2. The van der Waals surface area contributed by atoms with Gasteiger partial charge in [-0.15, -0.1) is 0 Å². The first-order valence-corrected chi connectivity index (χ1v) is 12.9. The Balaban J connectivity index is 1.26. The number of nitrogens with one attached hydrogen (secondary N) is 1. The molecule has 1 aliphatic heterocycles. The van der Waals surface area contributed by atoms with Gasteiger partial charge in [0.2, 0.25) is 0 Å². The maximum atomic E-state index is 14.9. The molecule has 0 atom stereocenters. The molecule has 11 heteroatoms. The molecule has 4 aromatic rings. The van der Waals surface area contributed by atoms with E-state index in [4.69, 9.17) is 4.74 Å². The predicted octanol–water partition coefficient (Wildman–Crippen LogP) is 3.82. The highest BCUT2D eigenvalue weighted by molar-refractivity contribution is 5.83. The number of nitrogens with zero attached hydrogens (tertiary/aromatic N) is 8. The number of ether oxygens (including phenoxy) is 1. The van der Waals surface area contributed by atoms with Gasteiger partial charge in [-0.2, -0.15) is 0 Å². The van der Waals surface area contributed by atoms with Crippen molar-refractivity contribution in [1.82, 2.24) is 39.3 Å². The monoisotopic (exact) mass is 519 g/mol. The van der Waals surface area contributed by atoms with Crippen LogP contribution >= 0.6 is 0 Å². The van der Waals surface area contributed by atoms with Gasteiger partial charge in [-0.3, -0.25) is 14.8 Å². The van der Waals surface area contributed by atoms with Crippen LogP contribution < -0.4 is 5.32 Å². The minimum Gasteiger partial charge on any atom is -0.383 e. The number of halogens is 1. The Labute approximate surface area is 221 Å². The molecule has 1 N–H and O–H groups in total. The van der Waals surface area contributed by atoms with Gasteiger partial charge in [0, 0.05) is 64.0 Å². The summed E-state index contributed by atoms with van der Waals surface area (Å²) in [6.07, 6.45) is 4.96.